The first kappa shape index (κ1) is 21.0. The fourth-order valence-electron chi connectivity index (χ4n) is 6.11. The molecule has 4 atom stereocenters. The Labute approximate surface area is 186 Å². The molecule has 9 heteroatoms. The number of carbonyl (C=O) groups excluding carboxylic acids is 2. The van der Waals surface area contributed by atoms with E-state index in [0.717, 1.165) is 38.2 Å². The predicted octanol–water partition coefficient (Wildman–Crippen LogP) is 2.00. The summed E-state index contributed by atoms with van der Waals surface area (Å²) in [5.74, 6) is 0.262. The van der Waals surface area contributed by atoms with Gasteiger partial charge in [-0.15, -0.1) is 0 Å². The van der Waals surface area contributed by atoms with E-state index in [1.807, 2.05) is 7.05 Å². The van der Waals surface area contributed by atoms with Gasteiger partial charge in [-0.25, -0.2) is 14.8 Å². The number of carbonyl (C=O) groups is 2. The third kappa shape index (κ3) is 3.90. The van der Waals surface area contributed by atoms with Crippen molar-refractivity contribution < 1.29 is 18.7 Å². The van der Waals surface area contributed by atoms with Crippen LogP contribution in [-0.4, -0.2) is 54.1 Å². The van der Waals surface area contributed by atoms with Crippen molar-refractivity contribution >= 4 is 23.4 Å². The number of hydrazine groups is 1. The molecule has 4 aliphatic carbocycles. The molecule has 5 fully saturated rings. The van der Waals surface area contributed by atoms with E-state index in [1.165, 1.54) is 18.6 Å². The van der Waals surface area contributed by atoms with Crippen LogP contribution in [0.3, 0.4) is 0 Å². The maximum atomic E-state index is 13.5. The van der Waals surface area contributed by atoms with Crippen LogP contribution in [0.15, 0.2) is 18.2 Å². The first-order chi connectivity index (χ1) is 14.8. The second kappa shape index (κ2) is 7.90. The Kier molecular flexibility index (Phi) is 5.35. The first-order valence-electron chi connectivity index (χ1n) is 11.0. The second-order valence-electron chi connectivity index (χ2n) is 9.56. The maximum Gasteiger partial charge on any atom is 0.258 e. The second-order valence-corrected chi connectivity index (χ2v) is 9.97. The van der Waals surface area contributed by atoms with Gasteiger partial charge in [0.1, 0.15) is 17.6 Å². The number of ether oxygens (including phenoxy) is 1. The molecule has 2 amide bonds. The molecule has 5 aliphatic rings. The fraction of sp³-hybridized carbons (Fsp3) is 0.636. The molecule has 1 saturated heterocycles. The third-order valence-electron chi connectivity index (χ3n) is 7.56. The average molecular weight is 451 g/mol. The number of amides is 2. The van der Waals surface area contributed by atoms with Gasteiger partial charge >= 0.3 is 0 Å². The molecule has 7 nitrogen and oxygen atoms in total. The zero-order valence-electron chi connectivity index (χ0n) is 17.5. The van der Waals surface area contributed by atoms with Crippen LogP contribution in [0.2, 0.25) is 5.02 Å². The van der Waals surface area contributed by atoms with Gasteiger partial charge in [-0.1, -0.05) is 18.0 Å². The highest BCUT2D eigenvalue weighted by Gasteiger charge is 2.58. The average Bonchev–Trinajstić information content (AvgIpc) is 3.44. The van der Waals surface area contributed by atoms with E-state index in [0.29, 0.717) is 17.9 Å². The molecule has 1 aromatic carbocycles. The van der Waals surface area contributed by atoms with Crippen molar-refractivity contribution in [3.63, 3.8) is 0 Å². The van der Waals surface area contributed by atoms with E-state index in [-0.39, 0.29) is 46.8 Å². The van der Waals surface area contributed by atoms with Crippen LogP contribution in [0.1, 0.15) is 38.5 Å². The highest BCUT2D eigenvalue weighted by atomic mass is 35.5. The minimum Gasteiger partial charge on any atom is -0.484 e. The standard InChI is InChI=1S/C22H28ClFN4O3/c1-28-18-4-2-3-14(18)20(27-28)21(30)26-22-8-12(9-22)17(10-22)25-19(29)11-31-13-5-6-15(23)16(24)7-13/h5-7,12,14,17-18,20,27H,2-4,8-11H2,1H3,(H,25,29)(H,26,30)/t12?,14?,17-,18?,20?,22?/m0/s1. The number of nitrogens with zero attached hydrogens (tertiary/aromatic N) is 1. The van der Waals surface area contributed by atoms with Crippen molar-refractivity contribution in [3.05, 3.63) is 29.0 Å². The van der Waals surface area contributed by atoms with Gasteiger partial charge in [0.25, 0.3) is 5.91 Å². The summed E-state index contributed by atoms with van der Waals surface area (Å²) in [6.07, 6.45) is 5.93. The van der Waals surface area contributed by atoms with Crippen LogP contribution in [0, 0.1) is 17.7 Å². The monoisotopic (exact) mass is 450 g/mol. The van der Waals surface area contributed by atoms with Crippen LogP contribution in [0.4, 0.5) is 4.39 Å². The van der Waals surface area contributed by atoms with Crippen LogP contribution in [0.5, 0.6) is 5.75 Å². The molecule has 0 spiro atoms. The van der Waals surface area contributed by atoms with Gasteiger partial charge in [0.15, 0.2) is 6.61 Å². The number of rotatable bonds is 6. The van der Waals surface area contributed by atoms with E-state index in [2.05, 4.69) is 21.1 Å². The van der Waals surface area contributed by atoms with Crippen molar-refractivity contribution in [1.29, 1.82) is 0 Å². The molecular formula is C22H28ClFN4O3. The molecule has 6 rings (SSSR count). The minimum absolute atomic E-state index is 0.0118. The summed E-state index contributed by atoms with van der Waals surface area (Å²) in [4.78, 5) is 25.3. The van der Waals surface area contributed by atoms with E-state index in [4.69, 9.17) is 16.3 Å². The number of halogens is 2. The van der Waals surface area contributed by atoms with E-state index in [9.17, 15) is 14.0 Å². The molecular weight excluding hydrogens is 423 g/mol. The molecule has 0 radical (unpaired) electrons. The predicted molar refractivity (Wildman–Crippen MR) is 113 cm³/mol. The Morgan fingerprint density at radius 3 is 2.90 bits per heavy atom. The molecule has 3 N–H and O–H groups in total. The Bertz CT molecular complexity index is 894. The summed E-state index contributed by atoms with van der Waals surface area (Å²) >= 11 is 5.66. The summed E-state index contributed by atoms with van der Waals surface area (Å²) in [5.41, 5.74) is 3.14. The zero-order valence-corrected chi connectivity index (χ0v) is 18.3. The quantitative estimate of drug-likeness (QED) is 0.617. The Hall–Kier alpha value is -1.90. The Morgan fingerprint density at radius 2 is 2.13 bits per heavy atom. The van der Waals surface area contributed by atoms with Crippen LogP contribution < -0.4 is 20.8 Å². The number of benzene rings is 1. The fourth-order valence-corrected chi connectivity index (χ4v) is 6.23. The molecule has 2 bridgehead atoms. The topological polar surface area (TPSA) is 82.7 Å². The summed E-state index contributed by atoms with van der Waals surface area (Å²) in [6, 6.07) is 4.40. The van der Waals surface area contributed by atoms with E-state index < -0.39 is 5.82 Å². The molecule has 31 heavy (non-hydrogen) atoms. The van der Waals surface area contributed by atoms with Crippen molar-refractivity contribution in [2.75, 3.05) is 13.7 Å². The SMILES string of the molecule is CN1NC(C(=O)NC23CC(C2)[C@@H](NC(=O)COc2ccc(Cl)c(F)c2)C3)C2CCCC21. The number of nitrogens with one attached hydrogen (secondary N) is 3. The number of hydrogen-bond donors (Lipinski definition) is 3. The molecule has 1 aromatic rings. The van der Waals surface area contributed by atoms with Gasteiger partial charge in [-0.05, 0) is 50.2 Å². The van der Waals surface area contributed by atoms with Gasteiger partial charge in [0.2, 0.25) is 5.91 Å². The zero-order chi connectivity index (χ0) is 21.8. The lowest BCUT2D eigenvalue weighted by molar-refractivity contribution is -0.127. The third-order valence-corrected chi connectivity index (χ3v) is 7.87. The Balaban J connectivity index is 1.11. The first-order valence-corrected chi connectivity index (χ1v) is 11.4. The van der Waals surface area contributed by atoms with Gasteiger partial charge in [-0.2, -0.15) is 0 Å². The minimum atomic E-state index is -0.583. The lowest BCUT2D eigenvalue weighted by Crippen LogP contribution is -2.57. The van der Waals surface area contributed by atoms with Gasteiger partial charge in [0, 0.05) is 36.7 Å². The molecule has 168 valence electrons. The van der Waals surface area contributed by atoms with Gasteiger partial charge in [-0.3, -0.25) is 9.59 Å². The van der Waals surface area contributed by atoms with E-state index >= 15 is 0 Å². The van der Waals surface area contributed by atoms with Crippen molar-refractivity contribution in [2.45, 2.75) is 62.2 Å². The van der Waals surface area contributed by atoms with Crippen molar-refractivity contribution in [1.82, 2.24) is 21.1 Å². The Morgan fingerprint density at radius 1 is 1.32 bits per heavy atom. The summed E-state index contributed by atoms with van der Waals surface area (Å²) < 4.78 is 18.9. The molecule has 1 heterocycles. The molecule has 4 saturated carbocycles. The molecule has 0 aromatic heterocycles. The van der Waals surface area contributed by atoms with Crippen molar-refractivity contribution in [2.24, 2.45) is 11.8 Å². The normalized spacial score (nSPS) is 36.0. The van der Waals surface area contributed by atoms with Gasteiger partial charge in [0.05, 0.1) is 5.02 Å². The summed E-state index contributed by atoms with van der Waals surface area (Å²) in [7, 11) is 2.02. The van der Waals surface area contributed by atoms with E-state index in [1.54, 1.807) is 0 Å². The molecule has 3 unspecified atom stereocenters. The van der Waals surface area contributed by atoms with Gasteiger partial charge < -0.3 is 15.4 Å². The number of hydrogen-bond acceptors (Lipinski definition) is 5. The van der Waals surface area contributed by atoms with Crippen LogP contribution >= 0.6 is 11.6 Å². The largest absolute Gasteiger partial charge is 0.484 e. The van der Waals surface area contributed by atoms with Crippen LogP contribution in [0.25, 0.3) is 0 Å². The summed E-state index contributed by atoms with van der Waals surface area (Å²) in [6.45, 7) is -0.189. The smallest absolute Gasteiger partial charge is 0.258 e. The maximum absolute atomic E-state index is 13.5. The molecule has 1 aliphatic heterocycles. The lowest BCUT2D eigenvalue weighted by atomic mass is 9.76. The van der Waals surface area contributed by atoms with Crippen LogP contribution in [-0.2, 0) is 9.59 Å². The van der Waals surface area contributed by atoms with Crippen molar-refractivity contribution in [3.8, 4) is 5.75 Å². The highest BCUT2D eigenvalue weighted by Crippen LogP contribution is 2.52. The highest BCUT2D eigenvalue weighted by molar-refractivity contribution is 6.30. The number of fused-ring (bicyclic) bond motifs is 2. The summed E-state index contributed by atoms with van der Waals surface area (Å²) in [5, 5.41) is 8.44. The lowest BCUT2D eigenvalue weighted by Gasteiger charge is -2.40.